The first-order valence-electron chi connectivity index (χ1n) is 3.77. The van der Waals surface area contributed by atoms with Crippen molar-refractivity contribution >= 4 is 23.5 Å². The number of hydrogen-bond donors (Lipinski definition) is 0. The molecule has 0 aromatic carbocycles. The molecule has 0 rings (SSSR count). The van der Waals surface area contributed by atoms with Gasteiger partial charge in [-0.2, -0.15) is 0 Å². The summed E-state index contributed by atoms with van der Waals surface area (Å²) in [5.41, 5.74) is 0. The predicted molar refractivity (Wildman–Crippen MR) is 47.5 cm³/mol. The molecule has 0 bridgehead atoms. The maximum absolute atomic E-state index is 11.2. The molecule has 5 heteroatoms. The van der Waals surface area contributed by atoms with Gasteiger partial charge in [0.25, 0.3) is 0 Å². The highest BCUT2D eigenvalue weighted by Gasteiger charge is 2.49. The summed E-state index contributed by atoms with van der Waals surface area (Å²) in [6.07, 6.45) is 0. The predicted octanol–water partition coefficient (Wildman–Crippen LogP) is 0.966. The summed E-state index contributed by atoms with van der Waals surface area (Å²) < 4.78 is 8.86. The molecule has 0 aromatic heterocycles. The average Bonchev–Trinajstić information content (AvgIpc) is 2.13. The van der Waals surface area contributed by atoms with E-state index in [2.05, 4.69) is 9.47 Å². The lowest BCUT2D eigenvalue weighted by molar-refractivity contribution is -0.158. The van der Waals surface area contributed by atoms with Gasteiger partial charge in [0.15, 0.2) is 0 Å². The molecular formula is C8H13ClO4. The fraction of sp³-hybridized carbons (Fsp3) is 0.750. The fourth-order valence-corrected chi connectivity index (χ4v) is 1.01. The zero-order valence-corrected chi connectivity index (χ0v) is 8.84. The van der Waals surface area contributed by atoms with E-state index in [0.29, 0.717) is 0 Å². The van der Waals surface area contributed by atoms with Gasteiger partial charge < -0.3 is 9.47 Å². The van der Waals surface area contributed by atoms with Crippen molar-refractivity contribution in [3.63, 3.8) is 0 Å². The third-order valence-electron chi connectivity index (χ3n) is 1.76. The molecule has 0 saturated heterocycles. The Balaban J connectivity index is 4.94. The van der Waals surface area contributed by atoms with Crippen LogP contribution in [0, 0.1) is 5.92 Å². The van der Waals surface area contributed by atoms with Crippen LogP contribution in [0.2, 0.25) is 0 Å². The van der Waals surface area contributed by atoms with Crippen LogP contribution in [-0.4, -0.2) is 31.0 Å². The molecule has 0 spiro atoms. The molecule has 0 aromatic rings. The second kappa shape index (κ2) is 4.46. The summed E-state index contributed by atoms with van der Waals surface area (Å²) in [4.78, 5) is 20.7. The zero-order chi connectivity index (χ0) is 10.6. The summed E-state index contributed by atoms with van der Waals surface area (Å²) in [6, 6.07) is 0. The molecule has 13 heavy (non-hydrogen) atoms. The molecule has 0 fully saturated rings. The minimum atomic E-state index is -1.73. The SMILES string of the molecule is COC(=O)C(Cl)(C(=O)OC)C(C)C. The van der Waals surface area contributed by atoms with Gasteiger partial charge in [0, 0.05) is 0 Å². The molecule has 0 atom stereocenters. The van der Waals surface area contributed by atoms with Crippen LogP contribution >= 0.6 is 11.6 Å². The lowest BCUT2D eigenvalue weighted by Crippen LogP contribution is -2.47. The number of hydrogen-bond acceptors (Lipinski definition) is 4. The largest absolute Gasteiger partial charge is 0.467 e. The highest BCUT2D eigenvalue weighted by Crippen LogP contribution is 2.28. The molecule has 0 aliphatic heterocycles. The monoisotopic (exact) mass is 208 g/mol. The molecule has 0 amide bonds. The molecule has 4 nitrogen and oxygen atoms in total. The highest BCUT2D eigenvalue weighted by molar-refractivity contribution is 6.44. The first kappa shape index (κ1) is 12.2. The van der Waals surface area contributed by atoms with E-state index >= 15 is 0 Å². The second-order valence-corrected chi connectivity index (χ2v) is 3.45. The molecule has 0 N–H and O–H groups in total. The summed E-state index contributed by atoms with van der Waals surface area (Å²) in [5.74, 6) is -1.99. The van der Waals surface area contributed by atoms with Gasteiger partial charge in [-0.3, -0.25) is 0 Å². The Morgan fingerprint density at radius 3 is 1.62 bits per heavy atom. The Bertz CT molecular complexity index is 196. The summed E-state index contributed by atoms with van der Waals surface area (Å²) in [7, 11) is 2.34. The van der Waals surface area contributed by atoms with E-state index in [4.69, 9.17) is 11.6 Å². The van der Waals surface area contributed by atoms with Gasteiger partial charge in [-0.1, -0.05) is 25.4 Å². The standard InChI is InChI=1S/C8H13ClO4/c1-5(2)8(9,6(10)12-3)7(11)13-4/h5H,1-4H3. The maximum atomic E-state index is 11.2. The lowest BCUT2D eigenvalue weighted by Gasteiger charge is -2.24. The van der Waals surface area contributed by atoms with Crippen molar-refractivity contribution in [1.82, 2.24) is 0 Å². The highest BCUT2D eigenvalue weighted by atomic mass is 35.5. The number of alkyl halides is 1. The van der Waals surface area contributed by atoms with Gasteiger partial charge in [-0.15, -0.1) is 0 Å². The molecule has 0 aliphatic carbocycles. The van der Waals surface area contributed by atoms with Gasteiger partial charge >= 0.3 is 11.9 Å². The van der Waals surface area contributed by atoms with E-state index in [-0.39, 0.29) is 0 Å². The lowest BCUT2D eigenvalue weighted by atomic mass is 9.95. The Kier molecular flexibility index (Phi) is 4.20. The van der Waals surface area contributed by atoms with Gasteiger partial charge in [-0.05, 0) is 5.92 Å². The van der Waals surface area contributed by atoms with Crippen molar-refractivity contribution in [2.24, 2.45) is 5.92 Å². The van der Waals surface area contributed by atoms with Crippen LogP contribution in [0.25, 0.3) is 0 Å². The van der Waals surface area contributed by atoms with Crippen molar-refractivity contribution in [2.45, 2.75) is 18.7 Å². The van der Waals surface area contributed by atoms with E-state index in [1.807, 2.05) is 0 Å². The first-order chi connectivity index (χ1) is 5.91. The summed E-state index contributed by atoms with van der Waals surface area (Å²) in [6.45, 7) is 3.28. The third-order valence-corrected chi connectivity index (χ3v) is 2.51. The minimum absolute atomic E-state index is 0.394. The van der Waals surface area contributed by atoms with Crippen molar-refractivity contribution in [1.29, 1.82) is 0 Å². The first-order valence-corrected chi connectivity index (χ1v) is 4.14. The Morgan fingerprint density at radius 1 is 1.15 bits per heavy atom. The van der Waals surface area contributed by atoms with Gasteiger partial charge in [-0.25, -0.2) is 9.59 Å². The number of ether oxygens (including phenoxy) is 2. The Morgan fingerprint density at radius 2 is 1.46 bits per heavy atom. The molecule has 0 saturated carbocycles. The minimum Gasteiger partial charge on any atom is -0.467 e. The molecule has 0 heterocycles. The fourth-order valence-electron chi connectivity index (χ4n) is 0.852. The number of methoxy groups -OCH3 is 2. The Labute approximate surface area is 82.1 Å². The van der Waals surface area contributed by atoms with Crippen LogP contribution in [-0.2, 0) is 19.1 Å². The number of halogens is 1. The van der Waals surface area contributed by atoms with Gasteiger partial charge in [0.2, 0.25) is 4.87 Å². The molecule has 76 valence electrons. The van der Waals surface area contributed by atoms with Crippen molar-refractivity contribution in [2.75, 3.05) is 14.2 Å². The van der Waals surface area contributed by atoms with Crippen molar-refractivity contribution < 1.29 is 19.1 Å². The normalized spacial score (nSPS) is 11.2. The number of carbonyl (C=O) groups is 2. The second-order valence-electron chi connectivity index (χ2n) is 2.85. The van der Waals surface area contributed by atoms with Gasteiger partial charge in [0.1, 0.15) is 0 Å². The quantitative estimate of drug-likeness (QED) is 0.394. The van der Waals surface area contributed by atoms with Crippen LogP contribution in [0.3, 0.4) is 0 Å². The van der Waals surface area contributed by atoms with Crippen molar-refractivity contribution in [3.05, 3.63) is 0 Å². The average molecular weight is 209 g/mol. The maximum Gasteiger partial charge on any atom is 0.338 e. The Hall–Kier alpha value is -0.770. The number of esters is 2. The van der Waals surface area contributed by atoms with Crippen LogP contribution in [0.15, 0.2) is 0 Å². The van der Waals surface area contributed by atoms with E-state index in [1.54, 1.807) is 13.8 Å². The van der Waals surface area contributed by atoms with E-state index in [0.717, 1.165) is 0 Å². The molecule has 0 unspecified atom stereocenters. The number of carbonyl (C=O) groups excluding carboxylic acids is 2. The third kappa shape index (κ3) is 2.12. The van der Waals surface area contributed by atoms with Crippen LogP contribution in [0.5, 0.6) is 0 Å². The molecule has 0 radical (unpaired) electrons. The van der Waals surface area contributed by atoms with E-state index < -0.39 is 22.7 Å². The van der Waals surface area contributed by atoms with E-state index in [9.17, 15) is 9.59 Å². The van der Waals surface area contributed by atoms with Crippen LogP contribution in [0.1, 0.15) is 13.8 Å². The van der Waals surface area contributed by atoms with Gasteiger partial charge in [0.05, 0.1) is 14.2 Å². The van der Waals surface area contributed by atoms with Crippen LogP contribution in [0.4, 0.5) is 0 Å². The topological polar surface area (TPSA) is 52.6 Å². The summed E-state index contributed by atoms with van der Waals surface area (Å²) >= 11 is 5.83. The summed E-state index contributed by atoms with van der Waals surface area (Å²) in [5, 5.41) is 0. The smallest absolute Gasteiger partial charge is 0.338 e. The number of rotatable bonds is 3. The van der Waals surface area contributed by atoms with Crippen molar-refractivity contribution in [3.8, 4) is 0 Å². The zero-order valence-electron chi connectivity index (χ0n) is 8.09. The van der Waals surface area contributed by atoms with E-state index in [1.165, 1.54) is 14.2 Å². The molecule has 0 aliphatic rings. The molecular weight excluding hydrogens is 196 g/mol. The van der Waals surface area contributed by atoms with Crippen LogP contribution < -0.4 is 0 Å².